The van der Waals surface area contributed by atoms with Gasteiger partial charge in [0.15, 0.2) is 0 Å². The lowest BCUT2D eigenvalue weighted by molar-refractivity contribution is -0.143. The van der Waals surface area contributed by atoms with Gasteiger partial charge >= 0.3 is 5.97 Å². The van der Waals surface area contributed by atoms with Crippen molar-refractivity contribution in [3.8, 4) is 0 Å². The quantitative estimate of drug-likeness (QED) is 0.0392. The summed E-state index contributed by atoms with van der Waals surface area (Å²) in [5.41, 5.74) is 21.3. The summed E-state index contributed by atoms with van der Waals surface area (Å²) in [6.45, 7) is 3.74. The summed E-state index contributed by atoms with van der Waals surface area (Å²) in [5.74, 6) is -8.84. The van der Waals surface area contributed by atoms with Gasteiger partial charge in [-0.1, -0.05) is 13.8 Å². The highest BCUT2D eigenvalue weighted by Crippen LogP contribution is 2.09. The highest BCUT2D eigenvalue weighted by molar-refractivity contribution is 5.98. The van der Waals surface area contributed by atoms with Gasteiger partial charge in [-0.15, -0.1) is 0 Å². The van der Waals surface area contributed by atoms with E-state index in [0.29, 0.717) is 12.8 Å². The summed E-state index contributed by atoms with van der Waals surface area (Å²) in [7, 11) is 0. The molecule has 0 aromatic rings. The molecular weight excluding hydrogens is 664 g/mol. The zero-order valence-corrected chi connectivity index (χ0v) is 28.5. The van der Waals surface area contributed by atoms with Crippen LogP contribution in [0.1, 0.15) is 65.7 Å². The van der Waals surface area contributed by atoms with Crippen LogP contribution in [0.3, 0.4) is 0 Å². The minimum absolute atomic E-state index is 0.00995. The Morgan fingerprint density at radius 1 is 0.640 bits per heavy atom. The molecule has 0 spiro atoms. The minimum Gasteiger partial charge on any atom is -0.480 e. The van der Waals surface area contributed by atoms with Gasteiger partial charge in [-0.05, 0) is 51.5 Å². The van der Waals surface area contributed by atoms with Crippen LogP contribution in [0.15, 0.2) is 0 Å². The first-order valence-corrected chi connectivity index (χ1v) is 16.0. The summed E-state index contributed by atoms with van der Waals surface area (Å²) < 4.78 is 0. The molecule has 284 valence electrons. The van der Waals surface area contributed by atoms with Crippen LogP contribution in [0.25, 0.3) is 0 Å². The number of carbonyl (C=O) groups excluding carboxylic acids is 8. The molecule has 0 aliphatic heterocycles. The number of unbranched alkanes of at least 4 members (excludes halogenated alkanes) is 1. The van der Waals surface area contributed by atoms with Gasteiger partial charge < -0.3 is 65.0 Å². The molecule has 0 heterocycles. The summed E-state index contributed by atoms with van der Waals surface area (Å²) in [4.78, 5) is 111. The van der Waals surface area contributed by atoms with Crippen molar-refractivity contribution in [1.29, 1.82) is 0 Å². The van der Waals surface area contributed by atoms with Gasteiger partial charge in [0.2, 0.25) is 47.3 Å². The second kappa shape index (κ2) is 23.5. The number of nitrogens with one attached hydrogen (secondary N) is 6. The largest absolute Gasteiger partial charge is 0.480 e. The smallest absolute Gasteiger partial charge is 0.326 e. The Labute approximate surface area is 289 Å². The van der Waals surface area contributed by atoms with Crippen LogP contribution in [0.4, 0.5) is 0 Å². The van der Waals surface area contributed by atoms with E-state index in [1.165, 1.54) is 6.92 Å². The van der Waals surface area contributed by atoms with E-state index in [1.807, 2.05) is 0 Å². The maximum atomic E-state index is 13.4. The van der Waals surface area contributed by atoms with E-state index in [2.05, 4.69) is 31.9 Å². The average Bonchev–Trinajstić information content (AvgIpc) is 3.02. The maximum Gasteiger partial charge on any atom is 0.326 e. The number of hydrogen-bond acceptors (Lipinski definition) is 12. The molecule has 0 bridgehead atoms. The molecule has 0 saturated carbocycles. The summed E-state index contributed by atoms with van der Waals surface area (Å²) in [6, 6.07) is -8.42. The van der Waals surface area contributed by atoms with Gasteiger partial charge in [0, 0.05) is 6.42 Å². The lowest BCUT2D eigenvalue weighted by Gasteiger charge is -2.26. The molecule has 0 rings (SSSR count). The van der Waals surface area contributed by atoms with Crippen LogP contribution < -0.4 is 54.8 Å². The predicted octanol–water partition coefficient (Wildman–Crippen LogP) is -5.73. The summed E-state index contributed by atoms with van der Waals surface area (Å²) in [6.07, 6.45) is -0.628. The van der Waals surface area contributed by atoms with E-state index in [4.69, 9.17) is 22.9 Å². The molecule has 0 radical (unpaired) electrons. The van der Waals surface area contributed by atoms with Crippen molar-refractivity contribution >= 4 is 53.2 Å². The predicted molar refractivity (Wildman–Crippen MR) is 176 cm³/mol. The molecule has 0 unspecified atom stereocenters. The van der Waals surface area contributed by atoms with Crippen molar-refractivity contribution in [2.45, 2.75) is 102 Å². The molecule has 0 aromatic carbocycles. The third-order valence-electron chi connectivity index (χ3n) is 6.92. The minimum atomic E-state index is -1.76. The number of aliphatic carboxylic acids is 1. The van der Waals surface area contributed by atoms with Crippen LogP contribution in [-0.4, -0.2) is 119 Å². The van der Waals surface area contributed by atoms with Crippen molar-refractivity contribution in [2.24, 2.45) is 28.9 Å². The van der Waals surface area contributed by atoms with Crippen molar-refractivity contribution in [3.05, 3.63) is 0 Å². The Bertz CT molecular complexity index is 1210. The first-order valence-electron chi connectivity index (χ1n) is 16.0. The third kappa shape index (κ3) is 18.6. The van der Waals surface area contributed by atoms with Gasteiger partial charge in [-0.2, -0.15) is 0 Å². The van der Waals surface area contributed by atoms with Crippen molar-refractivity contribution in [3.63, 3.8) is 0 Å². The molecule has 0 aliphatic rings. The number of primary amides is 2. The van der Waals surface area contributed by atoms with E-state index in [-0.39, 0.29) is 38.1 Å². The fourth-order valence-electron chi connectivity index (χ4n) is 4.28. The summed E-state index contributed by atoms with van der Waals surface area (Å²) in [5, 5.41) is 32.9. The standard InChI is InChI=1S/C29H52N10O11/c1-14(2)10-18(35-23(43)12-34-24(44)15(3)31)26(46)36-16(6-4-5-9-30)25(45)38-19(11-22(33)42)27(47)39-20(13-40)28(48)37-17(29(49)50)7-8-21(32)41/h14-20,40H,4-13,30-31H2,1-3H3,(H2,32,41)(H2,33,42)(H,34,44)(H,35,43)(H,36,46)(H,37,48)(H,38,45)(H,39,47)(H,49,50)/t15-,16-,17-,18-,19-,20-/m0/s1. The van der Waals surface area contributed by atoms with Crippen LogP contribution in [-0.2, 0) is 43.2 Å². The Morgan fingerprint density at radius 2 is 1.16 bits per heavy atom. The summed E-state index contributed by atoms with van der Waals surface area (Å²) >= 11 is 0. The second-order valence-electron chi connectivity index (χ2n) is 12.0. The number of rotatable bonds is 25. The number of nitrogens with two attached hydrogens (primary N) is 4. The lowest BCUT2D eigenvalue weighted by Crippen LogP contribution is -2.60. The molecule has 0 saturated heterocycles. The molecule has 50 heavy (non-hydrogen) atoms. The molecule has 0 fully saturated rings. The van der Waals surface area contributed by atoms with E-state index >= 15 is 0 Å². The number of hydrogen-bond donors (Lipinski definition) is 12. The number of carboxylic acids is 1. The fraction of sp³-hybridized carbons (Fsp3) is 0.690. The number of aliphatic hydroxyl groups is 1. The maximum absolute atomic E-state index is 13.4. The van der Waals surface area contributed by atoms with Gasteiger partial charge in [0.1, 0.15) is 30.2 Å². The van der Waals surface area contributed by atoms with Gasteiger partial charge in [0.05, 0.1) is 25.6 Å². The van der Waals surface area contributed by atoms with Gasteiger partial charge in [-0.3, -0.25) is 38.4 Å². The Morgan fingerprint density at radius 3 is 1.66 bits per heavy atom. The number of amides is 8. The normalized spacial score (nSPS) is 14.5. The highest BCUT2D eigenvalue weighted by atomic mass is 16.4. The second-order valence-corrected chi connectivity index (χ2v) is 12.0. The van der Waals surface area contributed by atoms with E-state index in [9.17, 15) is 53.4 Å². The topological polar surface area (TPSA) is 370 Å². The number of aliphatic hydroxyl groups excluding tert-OH is 1. The van der Waals surface area contributed by atoms with Crippen LogP contribution in [0.5, 0.6) is 0 Å². The van der Waals surface area contributed by atoms with Crippen LogP contribution >= 0.6 is 0 Å². The SMILES string of the molecule is CC(C)C[C@H](NC(=O)CNC(=O)[C@H](C)N)C(=O)N[C@@H](CCCCN)C(=O)N[C@@H](CC(N)=O)C(=O)N[C@@H](CO)C(=O)N[C@@H](CCC(N)=O)C(=O)O. The van der Waals surface area contributed by atoms with E-state index in [0.717, 1.165) is 0 Å². The van der Waals surface area contributed by atoms with Crippen molar-refractivity contribution in [2.75, 3.05) is 19.7 Å². The Hall–Kier alpha value is -4.89. The van der Waals surface area contributed by atoms with E-state index < -0.39 is 109 Å². The molecule has 8 amide bonds. The Balaban J connectivity index is 5.96. The monoisotopic (exact) mass is 716 g/mol. The zero-order chi connectivity index (χ0) is 38.6. The van der Waals surface area contributed by atoms with Crippen molar-refractivity contribution in [1.82, 2.24) is 31.9 Å². The first-order chi connectivity index (χ1) is 23.3. The van der Waals surface area contributed by atoms with E-state index in [1.54, 1.807) is 13.8 Å². The number of carbonyl (C=O) groups is 9. The van der Waals surface area contributed by atoms with Crippen LogP contribution in [0, 0.1) is 5.92 Å². The molecule has 21 nitrogen and oxygen atoms in total. The molecule has 6 atom stereocenters. The molecule has 0 aromatic heterocycles. The molecule has 21 heteroatoms. The average molecular weight is 717 g/mol. The number of carboxylic acid groups (broad SMARTS) is 1. The molecular formula is C29H52N10O11. The fourth-order valence-corrected chi connectivity index (χ4v) is 4.28. The Kier molecular flexibility index (Phi) is 21.2. The van der Waals surface area contributed by atoms with Crippen LogP contribution in [0.2, 0.25) is 0 Å². The third-order valence-corrected chi connectivity index (χ3v) is 6.92. The lowest BCUT2D eigenvalue weighted by atomic mass is 10.0. The van der Waals surface area contributed by atoms with Crippen molar-refractivity contribution < 1.29 is 53.4 Å². The van der Waals surface area contributed by atoms with Gasteiger partial charge in [-0.25, -0.2) is 4.79 Å². The highest BCUT2D eigenvalue weighted by Gasteiger charge is 2.33. The zero-order valence-electron chi connectivity index (χ0n) is 28.5. The first kappa shape index (κ1) is 45.1. The van der Waals surface area contributed by atoms with Gasteiger partial charge in [0.25, 0.3) is 0 Å². The molecule has 0 aliphatic carbocycles. The molecule has 16 N–H and O–H groups in total.